The van der Waals surface area contributed by atoms with Gasteiger partial charge in [-0.25, -0.2) is 0 Å². The Morgan fingerprint density at radius 2 is 0.969 bits per heavy atom. The van der Waals surface area contributed by atoms with Crippen molar-refractivity contribution in [3.8, 4) is 33.4 Å². The Balaban J connectivity index is 1.04. The number of rotatable bonds is 7. The molecule has 0 atom stereocenters. The highest BCUT2D eigenvalue weighted by Crippen LogP contribution is 2.50. The molecule has 0 N–H and O–H groups in total. The number of anilines is 2. The van der Waals surface area contributed by atoms with Gasteiger partial charge < -0.3 is 18.2 Å². The zero-order valence-electron chi connectivity index (χ0n) is 34.8. The Bertz CT molecular complexity index is 3830. The molecule has 0 unspecified atom stereocenters. The van der Waals surface area contributed by atoms with Crippen LogP contribution in [0.3, 0.4) is 0 Å². The topological polar surface area (TPSA) is 42.7 Å². The number of hydrogen-bond acceptors (Lipinski definition) is 4. The van der Waals surface area contributed by atoms with Gasteiger partial charge in [0.15, 0.2) is 0 Å². The average molecular weight is 822 g/mol. The Morgan fingerprint density at radius 3 is 1.75 bits per heavy atom. The highest BCUT2D eigenvalue weighted by molar-refractivity contribution is 6.26. The van der Waals surface area contributed by atoms with Crippen molar-refractivity contribution < 1.29 is 13.3 Å². The molecule has 3 heterocycles. The van der Waals surface area contributed by atoms with Gasteiger partial charge >= 0.3 is 0 Å². The smallest absolute Gasteiger partial charge is 0.144 e. The molecule has 3 aromatic heterocycles. The highest BCUT2D eigenvalue weighted by Gasteiger charge is 2.27. The van der Waals surface area contributed by atoms with Crippen LogP contribution in [0.1, 0.15) is 18.4 Å². The molecule has 13 rings (SSSR count). The molecule has 1 aliphatic carbocycles. The van der Waals surface area contributed by atoms with E-state index in [0.29, 0.717) is 0 Å². The fourth-order valence-corrected chi connectivity index (χ4v) is 10.1. The molecule has 64 heavy (non-hydrogen) atoms. The molecule has 0 saturated heterocycles. The summed E-state index contributed by atoms with van der Waals surface area (Å²) in [5.74, 6) is 0. The first-order valence-electron chi connectivity index (χ1n) is 22.0. The summed E-state index contributed by atoms with van der Waals surface area (Å²) in [6, 6.07) is 70.6. The third kappa shape index (κ3) is 5.76. The predicted molar refractivity (Wildman–Crippen MR) is 265 cm³/mol. The lowest BCUT2D eigenvalue weighted by atomic mass is 9.90. The van der Waals surface area contributed by atoms with E-state index in [0.717, 1.165) is 118 Å². The summed E-state index contributed by atoms with van der Waals surface area (Å²) in [5, 5.41) is 6.44. The van der Waals surface area contributed by atoms with E-state index in [1.54, 1.807) is 0 Å². The minimum Gasteiger partial charge on any atom is -0.456 e. The minimum absolute atomic E-state index is 0.818. The van der Waals surface area contributed by atoms with Crippen LogP contribution in [-0.2, 0) is 0 Å². The van der Waals surface area contributed by atoms with Crippen molar-refractivity contribution in [1.29, 1.82) is 0 Å². The number of allylic oxidation sites excluding steroid dienone is 4. The SMILES string of the molecule is C1=C(c2cccc3c2oc2ccccc23)CCC(N(c2ccc(-c3ccccc3)cc2)c2cccc3oc4c(-c5ccccc5-c5ccccc5)c5c(cc4c23)oc2ccccc25)=C1. The van der Waals surface area contributed by atoms with Crippen molar-refractivity contribution in [2.45, 2.75) is 12.8 Å². The lowest BCUT2D eigenvalue weighted by Gasteiger charge is -2.30. The molecule has 4 heteroatoms. The molecule has 0 saturated carbocycles. The Kier molecular flexibility index (Phi) is 8.31. The maximum Gasteiger partial charge on any atom is 0.144 e. The van der Waals surface area contributed by atoms with Gasteiger partial charge in [-0.05, 0) is 94.8 Å². The summed E-state index contributed by atoms with van der Waals surface area (Å²) in [5.41, 5.74) is 17.6. The monoisotopic (exact) mass is 821 g/mol. The second-order valence-corrected chi connectivity index (χ2v) is 16.6. The molecule has 0 radical (unpaired) electrons. The molecule has 302 valence electrons. The van der Waals surface area contributed by atoms with E-state index in [9.17, 15) is 0 Å². The highest BCUT2D eigenvalue weighted by atomic mass is 16.3. The van der Waals surface area contributed by atoms with E-state index in [1.807, 2.05) is 12.1 Å². The quantitative estimate of drug-likeness (QED) is 0.161. The van der Waals surface area contributed by atoms with E-state index >= 15 is 0 Å². The number of fused-ring (bicyclic) bond motifs is 9. The van der Waals surface area contributed by atoms with Crippen molar-refractivity contribution in [2.24, 2.45) is 0 Å². The summed E-state index contributed by atoms with van der Waals surface area (Å²) < 4.78 is 20.5. The van der Waals surface area contributed by atoms with Crippen molar-refractivity contribution in [3.63, 3.8) is 0 Å². The fraction of sp³-hybridized carbons (Fsp3) is 0.0333. The van der Waals surface area contributed by atoms with Crippen LogP contribution < -0.4 is 4.90 Å². The van der Waals surface area contributed by atoms with Gasteiger partial charge in [-0.1, -0.05) is 164 Å². The van der Waals surface area contributed by atoms with Gasteiger partial charge in [-0.3, -0.25) is 0 Å². The van der Waals surface area contributed by atoms with Gasteiger partial charge in [0.05, 0.1) is 11.1 Å². The zero-order valence-corrected chi connectivity index (χ0v) is 34.8. The normalized spacial score (nSPS) is 13.1. The first-order chi connectivity index (χ1) is 31.7. The minimum atomic E-state index is 0.818. The number of para-hydroxylation sites is 3. The van der Waals surface area contributed by atoms with Gasteiger partial charge in [0.2, 0.25) is 0 Å². The second-order valence-electron chi connectivity index (χ2n) is 16.6. The summed E-state index contributed by atoms with van der Waals surface area (Å²) >= 11 is 0. The maximum atomic E-state index is 7.18. The maximum absolute atomic E-state index is 7.18. The molecule has 0 spiro atoms. The molecule has 4 nitrogen and oxygen atoms in total. The molecular formula is C60H39NO3. The number of hydrogen-bond donors (Lipinski definition) is 0. The Labute approximate surface area is 369 Å². The van der Waals surface area contributed by atoms with Crippen LogP contribution in [0.2, 0.25) is 0 Å². The molecule has 0 fully saturated rings. The summed E-state index contributed by atoms with van der Waals surface area (Å²) in [4.78, 5) is 2.43. The van der Waals surface area contributed by atoms with Crippen LogP contribution in [0.5, 0.6) is 0 Å². The molecule has 9 aromatic carbocycles. The Hall–Kier alpha value is -8.34. The van der Waals surface area contributed by atoms with Crippen molar-refractivity contribution in [3.05, 3.63) is 224 Å². The number of furan rings is 3. The van der Waals surface area contributed by atoms with Gasteiger partial charge in [0, 0.05) is 49.4 Å². The number of benzene rings is 9. The van der Waals surface area contributed by atoms with E-state index in [-0.39, 0.29) is 0 Å². The van der Waals surface area contributed by atoms with E-state index in [1.165, 1.54) is 22.4 Å². The standard InChI is InChI=1S/C60H39NO3/c1-3-15-38(16-4-1)39-29-33-42(34-30-39)61(43-35-31-41(32-36-43)45-23-13-24-48-46-20-9-11-26-52(46)63-59(45)48)51-25-14-28-54-56(51)50-37-55-57(49-22-10-12-27-53(49)62-55)58(60(50)64-54)47-21-8-7-19-44(47)40-17-5-2-6-18-40/h1-31,33-35,37H,32,36H2. The molecule has 12 aromatic rings. The summed E-state index contributed by atoms with van der Waals surface area (Å²) in [7, 11) is 0. The largest absolute Gasteiger partial charge is 0.456 e. The molecule has 0 bridgehead atoms. The summed E-state index contributed by atoms with van der Waals surface area (Å²) in [6.07, 6.45) is 6.25. The third-order valence-electron chi connectivity index (χ3n) is 13.0. The zero-order chi connectivity index (χ0) is 42.1. The van der Waals surface area contributed by atoms with Gasteiger partial charge in [-0.2, -0.15) is 0 Å². The van der Waals surface area contributed by atoms with Gasteiger partial charge in [-0.15, -0.1) is 0 Å². The lowest BCUT2D eigenvalue weighted by molar-refractivity contribution is 0.664. The van der Waals surface area contributed by atoms with Crippen LogP contribution >= 0.6 is 0 Å². The third-order valence-corrected chi connectivity index (χ3v) is 13.0. The van der Waals surface area contributed by atoms with Crippen LogP contribution in [0.15, 0.2) is 231 Å². The Morgan fingerprint density at radius 1 is 0.359 bits per heavy atom. The first-order valence-corrected chi connectivity index (χ1v) is 22.0. The van der Waals surface area contributed by atoms with E-state index < -0.39 is 0 Å². The van der Waals surface area contributed by atoms with Crippen molar-refractivity contribution in [1.82, 2.24) is 0 Å². The number of nitrogens with zero attached hydrogens (tertiary/aromatic N) is 1. The van der Waals surface area contributed by atoms with E-state index in [4.69, 9.17) is 13.3 Å². The van der Waals surface area contributed by atoms with Crippen LogP contribution in [0.4, 0.5) is 11.4 Å². The lowest BCUT2D eigenvalue weighted by Crippen LogP contribution is -2.18. The van der Waals surface area contributed by atoms with E-state index in [2.05, 4.69) is 205 Å². The van der Waals surface area contributed by atoms with Gasteiger partial charge in [0.1, 0.15) is 33.5 Å². The van der Waals surface area contributed by atoms with Crippen LogP contribution in [-0.4, -0.2) is 0 Å². The summed E-state index contributed by atoms with van der Waals surface area (Å²) in [6.45, 7) is 0. The van der Waals surface area contributed by atoms with Gasteiger partial charge in [0.25, 0.3) is 0 Å². The molecule has 1 aliphatic rings. The predicted octanol–water partition coefficient (Wildman–Crippen LogP) is 17.3. The fourth-order valence-electron chi connectivity index (χ4n) is 10.1. The second kappa shape index (κ2) is 14.6. The molecular weight excluding hydrogens is 783 g/mol. The average Bonchev–Trinajstić information content (AvgIpc) is 4.06. The molecule has 0 aliphatic heterocycles. The van der Waals surface area contributed by atoms with Crippen LogP contribution in [0, 0.1) is 0 Å². The first kappa shape index (κ1) is 36.3. The van der Waals surface area contributed by atoms with Crippen LogP contribution in [0.25, 0.3) is 105 Å². The van der Waals surface area contributed by atoms with Crippen molar-refractivity contribution >= 4 is 82.8 Å². The molecule has 0 amide bonds. The van der Waals surface area contributed by atoms with Crippen molar-refractivity contribution in [2.75, 3.05) is 4.90 Å².